The maximum atomic E-state index is 12.0. The summed E-state index contributed by atoms with van der Waals surface area (Å²) in [4.78, 5) is 16.2. The SMILES string of the molecule is Cc1ccc(NC(=O)Nc2cc(-c3ccccc3)n(C)n2)cn1. The summed E-state index contributed by atoms with van der Waals surface area (Å²) in [5.41, 5.74) is 3.50. The topological polar surface area (TPSA) is 71.8 Å². The minimum atomic E-state index is -0.353. The fraction of sp³-hybridized carbons (Fsp3) is 0.118. The van der Waals surface area contributed by atoms with Gasteiger partial charge in [-0.25, -0.2) is 4.79 Å². The van der Waals surface area contributed by atoms with Gasteiger partial charge in [0.1, 0.15) is 0 Å². The fourth-order valence-electron chi connectivity index (χ4n) is 2.23. The second kappa shape index (κ2) is 6.31. The van der Waals surface area contributed by atoms with Crippen molar-refractivity contribution in [1.29, 1.82) is 0 Å². The summed E-state index contributed by atoms with van der Waals surface area (Å²) in [7, 11) is 1.84. The molecule has 0 aliphatic rings. The number of rotatable bonds is 3. The molecule has 2 amide bonds. The largest absolute Gasteiger partial charge is 0.324 e. The average Bonchev–Trinajstić information content (AvgIpc) is 2.91. The smallest absolute Gasteiger partial charge is 0.306 e. The molecule has 3 rings (SSSR count). The molecule has 0 saturated heterocycles. The Hall–Kier alpha value is -3.15. The second-order valence-electron chi connectivity index (χ2n) is 5.17. The van der Waals surface area contributed by atoms with E-state index in [0.717, 1.165) is 17.0 Å². The summed E-state index contributed by atoms with van der Waals surface area (Å²) in [5.74, 6) is 0.490. The zero-order valence-corrected chi connectivity index (χ0v) is 12.9. The third-order valence-electron chi connectivity index (χ3n) is 3.36. The lowest BCUT2D eigenvalue weighted by Crippen LogP contribution is -2.19. The minimum absolute atomic E-state index is 0.353. The van der Waals surface area contributed by atoms with Crippen LogP contribution in [-0.4, -0.2) is 20.8 Å². The molecule has 0 aliphatic heterocycles. The van der Waals surface area contributed by atoms with E-state index in [0.29, 0.717) is 11.5 Å². The number of aromatic nitrogens is 3. The highest BCUT2D eigenvalue weighted by atomic mass is 16.2. The van der Waals surface area contributed by atoms with Gasteiger partial charge in [-0.3, -0.25) is 15.0 Å². The van der Waals surface area contributed by atoms with Crippen LogP contribution in [-0.2, 0) is 7.05 Å². The molecule has 1 aromatic carbocycles. The van der Waals surface area contributed by atoms with Crippen molar-refractivity contribution in [2.24, 2.45) is 7.05 Å². The number of hydrogen-bond acceptors (Lipinski definition) is 3. The summed E-state index contributed by atoms with van der Waals surface area (Å²) in [5, 5.41) is 9.76. The number of pyridine rings is 1. The summed E-state index contributed by atoms with van der Waals surface area (Å²) in [6, 6.07) is 15.0. The van der Waals surface area contributed by atoms with Crippen molar-refractivity contribution in [2.75, 3.05) is 10.6 Å². The van der Waals surface area contributed by atoms with Crippen LogP contribution in [0, 0.1) is 6.92 Å². The summed E-state index contributed by atoms with van der Waals surface area (Å²) in [6.45, 7) is 1.89. The molecule has 0 fully saturated rings. The van der Waals surface area contributed by atoms with Crippen molar-refractivity contribution < 1.29 is 4.79 Å². The molecule has 0 aliphatic carbocycles. The van der Waals surface area contributed by atoms with Gasteiger partial charge >= 0.3 is 6.03 Å². The molecule has 116 valence electrons. The van der Waals surface area contributed by atoms with Gasteiger partial charge in [0.05, 0.1) is 17.6 Å². The number of anilines is 2. The van der Waals surface area contributed by atoms with Crippen molar-refractivity contribution in [3.8, 4) is 11.3 Å². The molecule has 0 atom stereocenters. The van der Waals surface area contributed by atoms with Gasteiger partial charge in [0.2, 0.25) is 0 Å². The van der Waals surface area contributed by atoms with E-state index in [1.165, 1.54) is 0 Å². The number of amides is 2. The van der Waals surface area contributed by atoms with Crippen LogP contribution in [0.4, 0.5) is 16.3 Å². The molecular weight excluding hydrogens is 290 g/mol. The minimum Gasteiger partial charge on any atom is -0.306 e. The lowest BCUT2D eigenvalue weighted by Gasteiger charge is -2.05. The third-order valence-corrected chi connectivity index (χ3v) is 3.36. The molecule has 0 radical (unpaired) electrons. The molecule has 2 aromatic heterocycles. The van der Waals surface area contributed by atoms with Crippen molar-refractivity contribution in [1.82, 2.24) is 14.8 Å². The van der Waals surface area contributed by atoms with Crippen LogP contribution in [0.2, 0.25) is 0 Å². The van der Waals surface area contributed by atoms with E-state index in [2.05, 4.69) is 20.7 Å². The first-order valence-corrected chi connectivity index (χ1v) is 7.22. The number of carbonyl (C=O) groups is 1. The highest BCUT2D eigenvalue weighted by molar-refractivity contribution is 5.99. The molecule has 0 saturated carbocycles. The van der Waals surface area contributed by atoms with Crippen molar-refractivity contribution >= 4 is 17.5 Å². The van der Waals surface area contributed by atoms with Gasteiger partial charge in [-0.2, -0.15) is 5.10 Å². The Balaban J connectivity index is 1.71. The molecule has 0 spiro atoms. The summed E-state index contributed by atoms with van der Waals surface area (Å²) < 4.78 is 1.73. The zero-order chi connectivity index (χ0) is 16.2. The van der Waals surface area contributed by atoms with Crippen LogP contribution in [0.3, 0.4) is 0 Å². The van der Waals surface area contributed by atoms with E-state index >= 15 is 0 Å². The third kappa shape index (κ3) is 3.55. The number of benzene rings is 1. The Labute approximate surface area is 134 Å². The molecular formula is C17H17N5O. The van der Waals surface area contributed by atoms with Crippen molar-refractivity contribution in [3.05, 3.63) is 60.4 Å². The predicted octanol–water partition coefficient (Wildman–Crippen LogP) is 3.43. The Morgan fingerprint density at radius 3 is 2.57 bits per heavy atom. The van der Waals surface area contributed by atoms with E-state index in [-0.39, 0.29) is 6.03 Å². The average molecular weight is 307 g/mol. The van der Waals surface area contributed by atoms with Gasteiger partial charge in [-0.1, -0.05) is 30.3 Å². The van der Waals surface area contributed by atoms with Gasteiger partial charge in [0.15, 0.2) is 5.82 Å². The molecule has 23 heavy (non-hydrogen) atoms. The van der Waals surface area contributed by atoms with Crippen LogP contribution in [0.5, 0.6) is 0 Å². The second-order valence-corrected chi connectivity index (χ2v) is 5.17. The van der Waals surface area contributed by atoms with E-state index in [9.17, 15) is 4.79 Å². The molecule has 0 bridgehead atoms. The standard InChI is InChI=1S/C17H17N5O/c1-12-8-9-14(11-18-12)19-17(23)20-16-10-15(22(2)21-16)13-6-4-3-5-7-13/h3-11H,1-2H3,(H2,19,20,21,23). The predicted molar refractivity (Wildman–Crippen MR) is 90.3 cm³/mol. The van der Waals surface area contributed by atoms with Crippen LogP contribution in [0.1, 0.15) is 5.69 Å². The van der Waals surface area contributed by atoms with E-state index in [1.807, 2.05) is 56.4 Å². The van der Waals surface area contributed by atoms with E-state index < -0.39 is 0 Å². The van der Waals surface area contributed by atoms with Gasteiger partial charge in [0, 0.05) is 18.8 Å². The Bertz CT molecular complexity index is 809. The Morgan fingerprint density at radius 1 is 1.09 bits per heavy atom. The zero-order valence-electron chi connectivity index (χ0n) is 12.9. The first kappa shape index (κ1) is 14.8. The number of urea groups is 1. The van der Waals surface area contributed by atoms with E-state index in [1.54, 1.807) is 16.9 Å². The first-order chi connectivity index (χ1) is 11.1. The molecule has 2 heterocycles. The molecule has 3 aromatic rings. The Kier molecular flexibility index (Phi) is 4.05. The first-order valence-electron chi connectivity index (χ1n) is 7.22. The van der Waals surface area contributed by atoms with Crippen molar-refractivity contribution in [3.63, 3.8) is 0 Å². The molecule has 2 N–H and O–H groups in total. The van der Waals surface area contributed by atoms with Crippen LogP contribution in [0.15, 0.2) is 54.7 Å². The number of nitrogens with zero attached hydrogens (tertiary/aromatic N) is 3. The summed E-state index contributed by atoms with van der Waals surface area (Å²) in [6.07, 6.45) is 1.61. The van der Waals surface area contributed by atoms with Gasteiger partial charge in [-0.05, 0) is 24.6 Å². The van der Waals surface area contributed by atoms with Crippen LogP contribution >= 0.6 is 0 Å². The van der Waals surface area contributed by atoms with Gasteiger partial charge in [-0.15, -0.1) is 0 Å². The maximum Gasteiger partial charge on any atom is 0.324 e. The van der Waals surface area contributed by atoms with Crippen LogP contribution in [0.25, 0.3) is 11.3 Å². The number of aryl methyl sites for hydroxylation is 2. The quantitative estimate of drug-likeness (QED) is 0.778. The highest BCUT2D eigenvalue weighted by Crippen LogP contribution is 2.21. The maximum absolute atomic E-state index is 12.0. The van der Waals surface area contributed by atoms with Crippen LogP contribution < -0.4 is 10.6 Å². The summed E-state index contributed by atoms with van der Waals surface area (Å²) >= 11 is 0. The molecule has 6 nitrogen and oxygen atoms in total. The lowest BCUT2D eigenvalue weighted by molar-refractivity contribution is 0.262. The molecule has 0 unspecified atom stereocenters. The fourth-order valence-corrected chi connectivity index (χ4v) is 2.23. The van der Waals surface area contributed by atoms with Crippen molar-refractivity contribution in [2.45, 2.75) is 6.92 Å². The normalized spacial score (nSPS) is 10.3. The van der Waals surface area contributed by atoms with Gasteiger partial charge in [0.25, 0.3) is 0 Å². The number of nitrogens with one attached hydrogen (secondary N) is 2. The van der Waals surface area contributed by atoms with E-state index in [4.69, 9.17) is 0 Å². The highest BCUT2D eigenvalue weighted by Gasteiger charge is 2.10. The lowest BCUT2D eigenvalue weighted by atomic mass is 10.1. The van der Waals surface area contributed by atoms with Gasteiger partial charge < -0.3 is 5.32 Å². The Morgan fingerprint density at radius 2 is 1.87 bits per heavy atom. The number of hydrogen-bond donors (Lipinski definition) is 2. The monoisotopic (exact) mass is 307 g/mol. The number of carbonyl (C=O) groups excluding carboxylic acids is 1. The molecule has 6 heteroatoms.